The van der Waals surface area contributed by atoms with Gasteiger partial charge in [-0.05, 0) is 38.5 Å². The van der Waals surface area contributed by atoms with E-state index in [4.69, 9.17) is 15.5 Å². The van der Waals surface area contributed by atoms with E-state index >= 15 is 0 Å². The molecule has 2 N–H and O–H groups in total. The predicted octanol–water partition coefficient (Wildman–Crippen LogP) is 3.35. The molecule has 2 aliphatic carbocycles. The van der Waals surface area contributed by atoms with E-state index in [-0.39, 0.29) is 0 Å². The quantitative estimate of drug-likeness (QED) is 0.920. The third-order valence-electron chi connectivity index (χ3n) is 5.24. The van der Waals surface area contributed by atoms with Crippen molar-refractivity contribution in [3.63, 3.8) is 0 Å². The number of anilines is 1. The standard InChI is InChI=1S/C16H25N3O/c17-15-14(11-7-9-20-10-8-11)18-16(12-3-1-2-4-12)19(15)13-5-6-13/h11-13H,1-10,17H2. The largest absolute Gasteiger partial charge is 0.384 e. The minimum absolute atomic E-state index is 0.518. The van der Waals surface area contributed by atoms with E-state index in [0.29, 0.717) is 17.9 Å². The molecule has 0 bridgehead atoms. The van der Waals surface area contributed by atoms with Crippen molar-refractivity contribution in [2.45, 2.75) is 69.2 Å². The van der Waals surface area contributed by atoms with Crippen molar-refractivity contribution in [1.82, 2.24) is 9.55 Å². The smallest absolute Gasteiger partial charge is 0.127 e. The molecular formula is C16H25N3O. The topological polar surface area (TPSA) is 53.1 Å². The Morgan fingerprint density at radius 1 is 0.950 bits per heavy atom. The number of nitrogens with zero attached hydrogens (tertiary/aromatic N) is 2. The van der Waals surface area contributed by atoms with E-state index < -0.39 is 0 Å². The number of imidazole rings is 1. The van der Waals surface area contributed by atoms with Gasteiger partial charge in [0, 0.05) is 31.1 Å². The molecule has 0 radical (unpaired) electrons. The van der Waals surface area contributed by atoms with Gasteiger partial charge in [-0.2, -0.15) is 0 Å². The highest BCUT2D eigenvalue weighted by molar-refractivity contribution is 5.43. The van der Waals surface area contributed by atoms with Gasteiger partial charge in [-0.3, -0.25) is 0 Å². The summed E-state index contributed by atoms with van der Waals surface area (Å²) in [6.45, 7) is 1.72. The maximum absolute atomic E-state index is 6.50. The van der Waals surface area contributed by atoms with Crippen LogP contribution in [0.5, 0.6) is 0 Å². The fraction of sp³-hybridized carbons (Fsp3) is 0.812. The number of rotatable bonds is 3. The van der Waals surface area contributed by atoms with Crippen molar-refractivity contribution in [3.05, 3.63) is 11.5 Å². The van der Waals surface area contributed by atoms with Crippen LogP contribution in [0.1, 0.15) is 80.8 Å². The molecule has 2 saturated carbocycles. The molecule has 4 nitrogen and oxygen atoms in total. The molecule has 4 heteroatoms. The Hall–Kier alpha value is -1.03. The van der Waals surface area contributed by atoms with E-state index in [0.717, 1.165) is 31.9 Å². The summed E-state index contributed by atoms with van der Waals surface area (Å²) in [5.41, 5.74) is 7.69. The highest BCUT2D eigenvalue weighted by Crippen LogP contribution is 2.45. The molecule has 0 aromatic carbocycles. The van der Waals surface area contributed by atoms with E-state index in [1.807, 2.05) is 0 Å². The third kappa shape index (κ3) is 2.14. The molecule has 0 spiro atoms. The first-order valence-electron chi connectivity index (χ1n) is 8.30. The first-order chi connectivity index (χ1) is 9.84. The maximum Gasteiger partial charge on any atom is 0.127 e. The van der Waals surface area contributed by atoms with Gasteiger partial charge in [0.05, 0.1) is 5.69 Å². The molecule has 110 valence electrons. The first-order valence-corrected chi connectivity index (χ1v) is 8.30. The van der Waals surface area contributed by atoms with Crippen molar-refractivity contribution < 1.29 is 4.74 Å². The summed E-state index contributed by atoms with van der Waals surface area (Å²) in [5, 5.41) is 0. The van der Waals surface area contributed by atoms with Crippen LogP contribution in [-0.4, -0.2) is 22.8 Å². The van der Waals surface area contributed by atoms with Crippen LogP contribution in [0, 0.1) is 0 Å². The minimum Gasteiger partial charge on any atom is -0.384 e. The number of hydrogen-bond acceptors (Lipinski definition) is 3. The summed E-state index contributed by atoms with van der Waals surface area (Å²) in [7, 11) is 0. The van der Waals surface area contributed by atoms with Gasteiger partial charge in [-0.15, -0.1) is 0 Å². The Kier molecular flexibility index (Phi) is 3.21. The zero-order valence-electron chi connectivity index (χ0n) is 12.2. The molecule has 1 saturated heterocycles. The number of aromatic nitrogens is 2. The van der Waals surface area contributed by atoms with Crippen molar-refractivity contribution in [1.29, 1.82) is 0 Å². The van der Waals surface area contributed by atoms with Gasteiger partial charge in [-0.1, -0.05) is 12.8 Å². The van der Waals surface area contributed by atoms with Crippen molar-refractivity contribution in [2.24, 2.45) is 0 Å². The second-order valence-electron chi connectivity index (χ2n) is 6.71. The number of nitrogens with two attached hydrogens (primary N) is 1. The number of ether oxygens (including phenoxy) is 1. The van der Waals surface area contributed by atoms with Gasteiger partial charge in [0.15, 0.2) is 0 Å². The number of hydrogen-bond donors (Lipinski definition) is 1. The van der Waals surface area contributed by atoms with Gasteiger partial charge in [-0.25, -0.2) is 4.98 Å². The molecule has 2 heterocycles. The van der Waals surface area contributed by atoms with Gasteiger partial charge in [0.25, 0.3) is 0 Å². The summed E-state index contributed by atoms with van der Waals surface area (Å²) in [6, 6.07) is 0.645. The van der Waals surface area contributed by atoms with Crippen LogP contribution in [0.2, 0.25) is 0 Å². The molecule has 20 heavy (non-hydrogen) atoms. The number of nitrogen functional groups attached to an aromatic ring is 1. The Bertz CT molecular complexity index is 480. The van der Waals surface area contributed by atoms with Crippen LogP contribution in [0.4, 0.5) is 5.82 Å². The molecule has 1 aromatic rings. The highest BCUT2D eigenvalue weighted by atomic mass is 16.5. The van der Waals surface area contributed by atoms with Crippen LogP contribution >= 0.6 is 0 Å². The summed E-state index contributed by atoms with van der Waals surface area (Å²) in [6.07, 6.45) is 10.0. The SMILES string of the molecule is Nc1c(C2CCOCC2)nc(C2CCCC2)n1C1CC1. The highest BCUT2D eigenvalue weighted by Gasteiger charge is 2.35. The Labute approximate surface area is 120 Å². The molecule has 3 fully saturated rings. The fourth-order valence-corrected chi connectivity index (χ4v) is 3.94. The Balaban J connectivity index is 1.70. The van der Waals surface area contributed by atoms with E-state index in [1.54, 1.807) is 0 Å². The van der Waals surface area contributed by atoms with Crippen LogP contribution < -0.4 is 5.73 Å². The summed E-state index contributed by atoms with van der Waals surface area (Å²) >= 11 is 0. The Morgan fingerprint density at radius 2 is 1.65 bits per heavy atom. The fourth-order valence-electron chi connectivity index (χ4n) is 3.94. The van der Waals surface area contributed by atoms with Gasteiger partial charge < -0.3 is 15.0 Å². The molecule has 0 atom stereocenters. The lowest BCUT2D eigenvalue weighted by atomic mass is 9.96. The lowest BCUT2D eigenvalue weighted by Gasteiger charge is -2.20. The van der Waals surface area contributed by atoms with Gasteiger partial charge in [0.1, 0.15) is 11.6 Å². The van der Waals surface area contributed by atoms with Crippen LogP contribution in [-0.2, 0) is 4.74 Å². The van der Waals surface area contributed by atoms with Crippen LogP contribution in [0.15, 0.2) is 0 Å². The van der Waals surface area contributed by atoms with Gasteiger partial charge in [0.2, 0.25) is 0 Å². The second kappa shape index (κ2) is 5.06. The van der Waals surface area contributed by atoms with Gasteiger partial charge >= 0.3 is 0 Å². The minimum atomic E-state index is 0.518. The van der Waals surface area contributed by atoms with Crippen molar-refractivity contribution in [2.75, 3.05) is 18.9 Å². The zero-order valence-corrected chi connectivity index (χ0v) is 12.2. The molecular weight excluding hydrogens is 250 g/mol. The average Bonchev–Trinajstić information content (AvgIpc) is 3.04. The monoisotopic (exact) mass is 275 g/mol. The molecule has 1 aromatic heterocycles. The summed E-state index contributed by atoms with van der Waals surface area (Å²) < 4.78 is 7.89. The van der Waals surface area contributed by atoms with Crippen molar-refractivity contribution in [3.8, 4) is 0 Å². The van der Waals surface area contributed by atoms with Crippen LogP contribution in [0.3, 0.4) is 0 Å². The molecule has 3 aliphatic rings. The normalized spacial score (nSPS) is 25.4. The Morgan fingerprint density at radius 3 is 2.30 bits per heavy atom. The average molecular weight is 275 g/mol. The predicted molar refractivity (Wildman–Crippen MR) is 78.9 cm³/mol. The zero-order chi connectivity index (χ0) is 13.5. The van der Waals surface area contributed by atoms with E-state index in [2.05, 4.69) is 4.57 Å². The summed E-state index contributed by atoms with van der Waals surface area (Å²) in [5.74, 6) is 3.46. The maximum atomic E-state index is 6.50. The third-order valence-corrected chi connectivity index (χ3v) is 5.24. The summed E-state index contributed by atoms with van der Waals surface area (Å²) in [4.78, 5) is 5.06. The lowest BCUT2D eigenvalue weighted by molar-refractivity contribution is 0.0847. The van der Waals surface area contributed by atoms with Crippen molar-refractivity contribution >= 4 is 5.82 Å². The molecule has 4 rings (SSSR count). The van der Waals surface area contributed by atoms with E-state index in [1.165, 1.54) is 50.0 Å². The van der Waals surface area contributed by atoms with Crippen LogP contribution in [0.25, 0.3) is 0 Å². The molecule has 1 aliphatic heterocycles. The second-order valence-corrected chi connectivity index (χ2v) is 6.71. The molecule has 0 amide bonds. The van der Waals surface area contributed by atoms with E-state index in [9.17, 15) is 0 Å². The molecule has 0 unspecified atom stereocenters. The first kappa shape index (κ1) is 12.7. The lowest BCUT2D eigenvalue weighted by Crippen LogP contribution is -2.15.